The Kier molecular flexibility index (Phi) is 9.14. The van der Waals surface area contributed by atoms with Crippen LogP contribution in [0.1, 0.15) is 34.9 Å². The van der Waals surface area contributed by atoms with E-state index in [-0.39, 0.29) is 30.0 Å². The van der Waals surface area contributed by atoms with E-state index in [2.05, 4.69) is 4.98 Å². The summed E-state index contributed by atoms with van der Waals surface area (Å²) >= 11 is 5.43. The summed E-state index contributed by atoms with van der Waals surface area (Å²) in [4.78, 5) is 14.8. The lowest BCUT2D eigenvalue weighted by Crippen LogP contribution is -2.50. The molecule has 0 saturated carbocycles. The maximum Gasteiger partial charge on any atom is 0.254 e. The van der Waals surface area contributed by atoms with Crippen molar-refractivity contribution in [1.82, 2.24) is 9.55 Å². The van der Waals surface area contributed by atoms with E-state index < -0.39 is 23.5 Å². The standard InChI is InChI=1S/C33H36N2O7S/c1-22-19-35(31(43)34-30(22)37)29-18-28(36)32(42-29,20-38-2)21-41-33(23-8-6-5-7-9-23,24-10-14-26(39-3)15-11-24)25-12-16-27(40-4)17-13-25/h5-17,19,28-29,36H,18,20-21H2,1-4H3,(H,34,37,43)/t28-,29+,32+/m0/s1. The van der Waals surface area contributed by atoms with Crippen LogP contribution in [-0.2, 0) is 19.8 Å². The highest BCUT2D eigenvalue weighted by molar-refractivity contribution is 7.71. The molecule has 1 aliphatic rings. The van der Waals surface area contributed by atoms with Gasteiger partial charge < -0.3 is 28.8 Å². The zero-order valence-corrected chi connectivity index (χ0v) is 25.4. The minimum Gasteiger partial charge on any atom is -0.497 e. The van der Waals surface area contributed by atoms with Crippen LogP contribution < -0.4 is 15.0 Å². The first kappa shape index (κ1) is 30.7. The van der Waals surface area contributed by atoms with Gasteiger partial charge >= 0.3 is 0 Å². The number of rotatable bonds is 11. The number of methoxy groups -OCH3 is 3. The molecule has 2 N–H and O–H groups in total. The number of H-pyrrole nitrogens is 1. The minimum atomic E-state index is -1.25. The molecule has 226 valence electrons. The van der Waals surface area contributed by atoms with Gasteiger partial charge in [0.25, 0.3) is 5.56 Å². The lowest BCUT2D eigenvalue weighted by atomic mass is 9.79. The largest absolute Gasteiger partial charge is 0.497 e. The number of benzene rings is 3. The first-order valence-electron chi connectivity index (χ1n) is 13.9. The minimum absolute atomic E-state index is 0.0406. The molecule has 1 aromatic heterocycles. The van der Waals surface area contributed by atoms with Gasteiger partial charge in [0.15, 0.2) is 4.77 Å². The van der Waals surface area contributed by atoms with Crippen LogP contribution in [0.3, 0.4) is 0 Å². The highest BCUT2D eigenvalue weighted by atomic mass is 32.1. The Balaban J connectivity index is 1.62. The van der Waals surface area contributed by atoms with E-state index >= 15 is 0 Å². The Labute approximate surface area is 255 Å². The topological polar surface area (TPSA) is 104 Å². The lowest BCUT2D eigenvalue weighted by molar-refractivity contribution is -0.182. The van der Waals surface area contributed by atoms with Crippen molar-refractivity contribution >= 4 is 12.2 Å². The number of aromatic amines is 1. The Morgan fingerprint density at radius 1 is 0.930 bits per heavy atom. The van der Waals surface area contributed by atoms with Crippen molar-refractivity contribution in [1.29, 1.82) is 0 Å². The van der Waals surface area contributed by atoms with Crippen LogP contribution in [0.5, 0.6) is 11.5 Å². The average molecular weight is 605 g/mol. The second-order valence-corrected chi connectivity index (χ2v) is 11.0. The van der Waals surface area contributed by atoms with Gasteiger partial charge in [-0.1, -0.05) is 54.6 Å². The zero-order chi connectivity index (χ0) is 30.6. The van der Waals surface area contributed by atoms with Crippen LogP contribution >= 0.6 is 12.2 Å². The van der Waals surface area contributed by atoms with E-state index in [0.29, 0.717) is 17.1 Å². The molecule has 4 aromatic rings. The van der Waals surface area contributed by atoms with E-state index in [9.17, 15) is 9.90 Å². The first-order chi connectivity index (χ1) is 20.8. The fourth-order valence-electron chi connectivity index (χ4n) is 5.62. The van der Waals surface area contributed by atoms with Gasteiger partial charge in [-0.3, -0.25) is 14.3 Å². The molecule has 10 heteroatoms. The summed E-state index contributed by atoms with van der Waals surface area (Å²) in [6, 6.07) is 25.3. The molecule has 1 saturated heterocycles. The van der Waals surface area contributed by atoms with Gasteiger partial charge in [0.2, 0.25) is 0 Å². The van der Waals surface area contributed by atoms with Gasteiger partial charge in [0.1, 0.15) is 28.9 Å². The molecule has 5 rings (SSSR count). The summed E-state index contributed by atoms with van der Waals surface area (Å²) in [6.07, 6.45) is 0.248. The third-order valence-corrected chi connectivity index (χ3v) is 8.27. The number of hydrogen-bond acceptors (Lipinski definition) is 8. The highest BCUT2D eigenvalue weighted by Gasteiger charge is 2.51. The molecule has 2 heterocycles. The van der Waals surface area contributed by atoms with Crippen molar-refractivity contribution in [3.8, 4) is 11.5 Å². The molecule has 0 spiro atoms. The van der Waals surface area contributed by atoms with Crippen molar-refractivity contribution in [2.75, 3.05) is 34.5 Å². The molecular formula is C33H36N2O7S. The van der Waals surface area contributed by atoms with Gasteiger partial charge in [0.05, 0.1) is 33.5 Å². The Morgan fingerprint density at radius 3 is 2.02 bits per heavy atom. The number of aromatic nitrogens is 2. The van der Waals surface area contributed by atoms with Gasteiger partial charge in [0, 0.05) is 25.3 Å². The molecule has 0 radical (unpaired) electrons. The number of aliphatic hydroxyl groups excluding tert-OH is 1. The van der Waals surface area contributed by atoms with Crippen molar-refractivity contribution in [3.63, 3.8) is 0 Å². The lowest BCUT2D eigenvalue weighted by Gasteiger charge is -2.40. The maximum atomic E-state index is 12.1. The number of nitrogens with zero attached hydrogens (tertiary/aromatic N) is 1. The summed E-state index contributed by atoms with van der Waals surface area (Å²) in [5, 5.41) is 11.5. The monoisotopic (exact) mass is 604 g/mol. The smallest absolute Gasteiger partial charge is 0.254 e. The summed E-state index contributed by atoms with van der Waals surface area (Å²) in [5.41, 5.74) is 0.413. The molecule has 0 bridgehead atoms. The van der Waals surface area contributed by atoms with Crippen molar-refractivity contribution in [3.05, 3.63) is 122 Å². The van der Waals surface area contributed by atoms with Gasteiger partial charge in [-0.05, 0) is 60.1 Å². The van der Waals surface area contributed by atoms with E-state index in [1.54, 1.807) is 39.0 Å². The molecule has 3 atom stereocenters. The van der Waals surface area contributed by atoms with E-state index in [0.717, 1.165) is 16.7 Å². The van der Waals surface area contributed by atoms with Crippen LogP contribution in [0.15, 0.2) is 89.9 Å². The number of aliphatic hydroxyl groups is 1. The number of aryl methyl sites for hydroxylation is 1. The van der Waals surface area contributed by atoms with Gasteiger partial charge in [-0.25, -0.2) is 0 Å². The van der Waals surface area contributed by atoms with Crippen LogP contribution in [-0.4, -0.2) is 60.9 Å². The molecule has 1 aliphatic heterocycles. The molecule has 3 aromatic carbocycles. The molecule has 1 fully saturated rings. The van der Waals surface area contributed by atoms with Gasteiger partial charge in [-0.15, -0.1) is 0 Å². The van der Waals surface area contributed by atoms with Crippen LogP contribution in [0, 0.1) is 11.7 Å². The van der Waals surface area contributed by atoms with E-state index in [1.807, 2.05) is 78.9 Å². The molecular weight excluding hydrogens is 568 g/mol. The molecule has 0 unspecified atom stereocenters. The number of nitrogens with one attached hydrogen (secondary N) is 1. The average Bonchev–Trinajstić information content (AvgIpc) is 3.35. The zero-order valence-electron chi connectivity index (χ0n) is 24.6. The molecule has 0 aliphatic carbocycles. The fourth-order valence-corrected chi connectivity index (χ4v) is 5.89. The number of hydrogen-bond donors (Lipinski definition) is 2. The molecule has 0 amide bonds. The van der Waals surface area contributed by atoms with Crippen LogP contribution in [0.25, 0.3) is 0 Å². The predicted octanol–water partition coefficient (Wildman–Crippen LogP) is 4.91. The predicted molar refractivity (Wildman–Crippen MR) is 164 cm³/mol. The Bertz CT molecular complexity index is 1590. The maximum absolute atomic E-state index is 12.1. The van der Waals surface area contributed by atoms with Crippen molar-refractivity contribution in [2.45, 2.75) is 36.9 Å². The normalized spacial score (nSPS) is 20.2. The highest BCUT2D eigenvalue weighted by Crippen LogP contribution is 2.45. The third-order valence-electron chi connectivity index (χ3n) is 7.95. The second-order valence-electron chi connectivity index (χ2n) is 10.6. The summed E-state index contributed by atoms with van der Waals surface area (Å²) in [7, 11) is 4.80. The SMILES string of the molecule is COC[C@]1(COC(c2ccccc2)(c2ccc(OC)cc2)c2ccc(OC)cc2)O[C@@H](n2cc(C)c(=O)[nH]c2=S)C[C@@H]1O. The molecule has 43 heavy (non-hydrogen) atoms. The van der Waals surface area contributed by atoms with Crippen molar-refractivity contribution in [2.24, 2.45) is 0 Å². The van der Waals surface area contributed by atoms with Crippen LogP contribution in [0.2, 0.25) is 0 Å². The summed E-state index contributed by atoms with van der Waals surface area (Å²) < 4.78 is 32.0. The second kappa shape index (κ2) is 12.8. The van der Waals surface area contributed by atoms with Crippen molar-refractivity contribution < 1.29 is 28.8 Å². The van der Waals surface area contributed by atoms with E-state index in [4.69, 9.17) is 35.9 Å². The Morgan fingerprint density at radius 2 is 1.49 bits per heavy atom. The summed E-state index contributed by atoms with van der Waals surface area (Å²) in [5.74, 6) is 1.42. The number of ether oxygens (including phenoxy) is 5. The first-order valence-corrected chi connectivity index (χ1v) is 14.3. The third kappa shape index (κ3) is 5.89. The Hall–Kier alpha value is -3.80. The van der Waals surface area contributed by atoms with E-state index in [1.165, 1.54) is 0 Å². The summed E-state index contributed by atoms with van der Waals surface area (Å²) in [6.45, 7) is 1.70. The quantitative estimate of drug-likeness (QED) is 0.184. The fraction of sp³-hybridized carbons (Fsp3) is 0.333. The molecule has 9 nitrogen and oxygen atoms in total. The van der Waals surface area contributed by atoms with Gasteiger partial charge in [-0.2, -0.15) is 0 Å². The van der Waals surface area contributed by atoms with Crippen LogP contribution in [0.4, 0.5) is 0 Å².